The Hall–Kier alpha value is -0.820. The highest BCUT2D eigenvalue weighted by Gasteiger charge is 1.91. The summed E-state index contributed by atoms with van der Waals surface area (Å²) in [7, 11) is 0. The molecule has 1 aromatic rings. The lowest BCUT2D eigenvalue weighted by Gasteiger charge is -1.95. The molecule has 0 saturated heterocycles. The van der Waals surface area contributed by atoms with Crippen LogP contribution in [0.1, 0.15) is 18.1 Å². The summed E-state index contributed by atoms with van der Waals surface area (Å²) in [6.07, 6.45) is 4.15. The first-order chi connectivity index (χ1) is 6.22. The number of hydrogen-bond donors (Lipinski definition) is 0. The molecule has 1 nitrogen and oxygen atoms in total. The van der Waals surface area contributed by atoms with Gasteiger partial charge >= 0.3 is 0 Å². The molecule has 0 spiro atoms. The molecule has 66 valence electrons. The summed E-state index contributed by atoms with van der Waals surface area (Å²) >= 11 is 2.34. The first kappa shape index (κ1) is 10.3. The second-order valence-corrected chi connectivity index (χ2v) is 4.74. The molecule has 0 aliphatic heterocycles. The van der Waals surface area contributed by atoms with Crippen LogP contribution in [-0.4, -0.2) is 3.92 Å². The molecule has 0 fully saturated rings. The van der Waals surface area contributed by atoms with Crippen molar-refractivity contribution in [1.29, 1.82) is 5.26 Å². The molecule has 13 heavy (non-hydrogen) atoms. The van der Waals surface area contributed by atoms with E-state index in [4.69, 9.17) is 5.26 Å². The van der Waals surface area contributed by atoms with Gasteiger partial charge < -0.3 is 0 Å². The van der Waals surface area contributed by atoms with Crippen molar-refractivity contribution in [1.82, 2.24) is 0 Å². The van der Waals surface area contributed by atoms with E-state index in [1.54, 1.807) is 0 Å². The van der Waals surface area contributed by atoms with E-state index in [0.717, 1.165) is 5.56 Å². The highest BCUT2D eigenvalue weighted by Crippen LogP contribution is 2.08. The first-order valence-corrected chi connectivity index (χ1v) is 5.29. The zero-order valence-electron chi connectivity index (χ0n) is 7.37. The Morgan fingerprint density at radius 3 is 2.92 bits per heavy atom. The Kier molecular flexibility index (Phi) is 3.97. The van der Waals surface area contributed by atoms with Crippen molar-refractivity contribution < 1.29 is 0 Å². The Labute approximate surface area is 92.2 Å². The van der Waals surface area contributed by atoms with Crippen molar-refractivity contribution in [2.75, 3.05) is 0 Å². The molecule has 0 bridgehead atoms. The molecule has 0 aromatic heterocycles. The summed E-state index contributed by atoms with van der Waals surface area (Å²) in [6.45, 7) is 2.12. The fraction of sp³-hybridized carbons (Fsp3) is 0.182. The molecule has 1 rings (SSSR count). The van der Waals surface area contributed by atoms with Gasteiger partial charge in [0.15, 0.2) is 0 Å². The van der Waals surface area contributed by atoms with Crippen molar-refractivity contribution in [2.45, 2.75) is 10.8 Å². The number of hydrogen-bond acceptors (Lipinski definition) is 1. The first-order valence-electron chi connectivity index (χ1n) is 4.05. The lowest BCUT2D eigenvalue weighted by atomic mass is 10.1. The number of nitriles is 1. The number of rotatable bonds is 2. The van der Waals surface area contributed by atoms with Gasteiger partial charge in [-0.05, 0) is 24.6 Å². The minimum absolute atomic E-state index is 0.517. The smallest absolute Gasteiger partial charge is 0.0991 e. The average molecular weight is 283 g/mol. The van der Waals surface area contributed by atoms with Crippen LogP contribution in [0.2, 0.25) is 0 Å². The molecule has 0 N–H and O–H groups in total. The molecule has 0 heterocycles. The summed E-state index contributed by atoms with van der Waals surface area (Å²) in [5.74, 6) is 0. The molecule has 0 amide bonds. The third-order valence-electron chi connectivity index (χ3n) is 1.57. The summed E-state index contributed by atoms with van der Waals surface area (Å²) in [5.41, 5.74) is 1.80. The van der Waals surface area contributed by atoms with E-state index in [0.29, 0.717) is 9.49 Å². The maximum atomic E-state index is 8.66. The summed E-state index contributed by atoms with van der Waals surface area (Å²) in [5, 5.41) is 8.66. The van der Waals surface area contributed by atoms with E-state index in [-0.39, 0.29) is 0 Å². The van der Waals surface area contributed by atoms with Gasteiger partial charge in [-0.2, -0.15) is 5.26 Å². The topological polar surface area (TPSA) is 23.8 Å². The second-order valence-electron chi connectivity index (χ2n) is 2.77. The quantitative estimate of drug-likeness (QED) is 0.603. The second kappa shape index (κ2) is 5.03. The van der Waals surface area contributed by atoms with Crippen LogP contribution in [0, 0.1) is 11.3 Å². The maximum absolute atomic E-state index is 8.66. The number of nitrogens with zero attached hydrogens (tertiary/aromatic N) is 1. The fourth-order valence-corrected chi connectivity index (χ4v) is 1.16. The Morgan fingerprint density at radius 1 is 1.54 bits per heavy atom. The maximum Gasteiger partial charge on any atom is 0.0991 e. The predicted molar refractivity (Wildman–Crippen MR) is 63.7 cm³/mol. The van der Waals surface area contributed by atoms with Crippen LogP contribution >= 0.6 is 22.6 Å². The van der Waals surface area contributed by atoms with Crippen LogP contribution in [0.3, 0.4) is 0 Å². The molecule has 1 unspecified atom stereocenters. The third-order valence-corrected chi connectivity index (χ3v) is 1.98. The number of alkyl halides is 1. The summed E-state index contributed by atoms with van der Waals surface area (Å²) in [4.78, 5) is 0. The zero-order chi connectivity index (χ0) is 9.68. The normalized spacial score (nSPS) is 12.7. The van der Waals surface area contributed by atoms with E-state index in [1.165, 1.54) is 0 Å². The molecule has 0 saturated carbocycles. The third kappa shape index (κ3) is 3.60. The molecule has 0 aliphatic carbocycles. The van der Waals surface area contributed by atoms with Crippen LogP contribution in [-0.2, 0) is 0 Å². The van der Waals surface area contributed by atoms with Crippen molar-refractivity contribution in [3.63, 3.8) is 0 Å². The van der Waals surface area contributed by atoms with Gasteiger partial charge in [-0.25, -0.2) is 0 Å². The Balaban J connectivity index is 2.85. The van der Waals surface area contributed by atoms with E-state index >= 15 is 0 Å². The van der Waals surface area contributed by atoms with Crippen molar-refractivity contribution in [3.05, 3.63) is 41.5 Å². The van der Waals surface area contributed by atoms with Gasteiger partial charge in [-0.3, -0.25) is 0 Å². The lowest BCUT2D eigenvalue weighted by molar-refractivity contribution is 1.31. The zero-order valence-corrected chi connectivity index (χ0v) is 9.52. The summed E-state index contributed by atoms with van der Waals surface area (Å²) in [6, 6.07) is 9.71. The van der Waals surface area contributed by atoms with Gasteiger partial charge in [0, 0.05) is 3.92 Å². The van der Waals surface area contributed by atoms with Crippen LogP contribution in [0.5, 0.6) is 0 Å². The predicted octanol–water partition coefficient (Wildman–Crippen LogP) is 3.39. The number of benzene rings is 1. The van der Waals surface area contributed by atoms with Gasteiger partial charge in [0.05, 0.1) is 11.6 Å². The van der Waals surface area contributed by atoms with Gasteiger partial charge in [0.25, 0.3) is 0 Å². The van der Waals surface area contributed by atoms with Gasteiger partial charge in [-0.15, -0.1) is 0 Å². The molecular weight excluding hydrogens is 273 g/mol. The minimum Gasteiger partial charge on any atom is -0.192 e. The van der Waals surface area contributed by atoms with Gasteiger partial charge in [0.2, 0.25) is 0 Å². The average Bonchev–Trinajstić information content (AvgIpc) is 2.15. The van der Waals surface area contributed by atoms with E-state index in [2.05, 4.69) is 41.7 Å². The van der Waals surface area contributed by atoms with E-state index < -0.39 is 0 Å². The molecule has 0 aliphatic rings. The van der Waals surface area contributed by atoms with Crippen molar-refractivity contribution in [3.8, 4) is 6.07 Å². The van der Waals surface area contributed by atoms with Crippen molar-refractivity contribution >= 4 is 28.7 Å². The van der Waals surface area contributed by atoms with Crippen LogP contribution in [0.4, 0.5) is 0 Å². The van der Waals surface area contributed by atoms with Crippen LogP contribution < -0.4 is 0 Å². The van der Waals surface area contributed by atoms with Gasteiger partial charge in [-0.1, -0.05) is 46.9 Å². The monoisotopic (exact) mass is 283 g/mol. The highest BCUT2D eigenvalue weighted by molar-refractivity contribution is 14.1. The molecule has 0 radical (unpaired) electrons. The van der Waals surface area contributed by atoms with Crippen molar-refractivity contribution in [2.24, 2.45) is 0 Å². The fourth-order valence-electron chi connectivity index (χ4n) is 0.956. The minimum atomic E-state index is 0.517. The van der Waals surface area contributed by atoms with Crippen LogP contribution in [0.25, 0.3) is 6.08 Å². The van der Waals surface area contributed by atoms with E-state index in [1.807, 2.05) is 30.3 Å². The van der Waals surface area contributed by atoms with Gasteiger partial charge in [0.1, 0.15) is 0 Å². The molecule has 1 aromatic carbocycles. The van der Waals surface area contributed by atoms with E-state index in [9.17, 15) is 0 Å². The molecule has 1 atom stereocenters. The Bertz CT molecular complexity index is 347. The highest BCUT2D eigenvalue weighted by atomic mass is 127. The SMILES string of the molecule is CC(I)/C=C/c1cccc(C#N)c1. The summed E-state index contributed by atoms with van der Waals surface area (Å²) < 4.78 is 0.517. The Morgan fingerprint density at radius 2 is 2.31 bits per heavy atom. The van der Waals surface area contributed by atoms with Crippen LogP contribution in [0.15, 0.2) is 30.3 Å². The standard InChI is InChI=1S/C11H10IN/c1-9(12)5-6-10-3-2-4-11(7-10)8-13/h2-7,9H,1H3/b6-5+. The largest absolute Gasteiger partial charge is 0.192 e. The molecular formula is C11H10IN. The number of allylic oxidation sites excluding steroid dienone is 1. The molecule has 2 heteroatoms. The lowest BCUT2D eigenvalue weighted by Crippen LogP contribution is -1.80. The number of halogens is 1.